The molecule has 0 spiro atoms. The van der Waals surface area contributed by atoms with Crippen LogP contribution in [-0.4, -0.2) is 34.9 Å². The molecule has 59 heavy (non-hydrogen) atoms. The Hall–Kier alpha value is -1.39. The fourth-order valence-electron chi connectivity index (χ4n) is 8.31. The molecule has 0 saturated heterocycles. The molecule has 348 valence electrons. The van der Waals surface area contributed by atoms with E-state index in [1.807, 2.05) is 0 Å². The minimum atomic E-state index is -0.656. The highest BCUT2D eigenvalue weighted by Crippen LogP contribution is 2.17. The van der Waals surface area contributed by atoms with Crippen LogP contribution >= 0.6 is 0 Å². The van der Waals surface area contributed by atoms with Gasteiger partial charge in [0.1, 0.15) is 0 Å². The van der Waals surface area contributed by atoms with Crippen molar-refractivity contribution >= 4 is 5.91 Å². The molecule has 0 aromatic carbocycles. The van der Waals surface area contributed by atoms with E-state index >= 15 is 0 Å². The van der Waals surface area contributed by atoms with Crippen LogP contribution in [0.3, 0.4) is 0 Å². The molecule has 0 aromatic rings. The minimum Gasteiger partial charge on any atom is -0.394 e. The second-order valence-electron chi connectivity index (χ2n) is 18.3. The van der Waals surface area contributed by atoms with Gasteiger partial charge in [0.2, 0.25) is 5.91 Å². The number of amides is 1. The highest BCUT2D eigenvalue weighted by Gasteiger charge is 2.20. The van der Waals surface area contributed by atoms with E-state index in [0.717, 1.165) is 38.5 Å². The molecule has 0 fully saturated rings. The van der Waals surface area contributed by atoms with Gasteiger partial charge in [0, 0.05) is 6.42 Å². The molecular formula is C55H105NO3. The Labute approximate surface area is 370 Å². The van der Waals surface area contributed by atoms with Gasteiger partial charge in [-0.2, -0.15) is 0 Å². The molecule has 4 heteroatoms. The van der Waals surface area contributed by atoms with Gasteiger partial charge in [0.05, 0.1) is 18.8 Å². The molecule has 0 bridgehead atoms. The highest BCUT2D eigenvalue weighted by atomic mass is 16.3. The number of unbranched alkanes of at least 4 members (excludes halogenated alkanes) is 36. The molecule has 0 heterocycles. The molecule has 1 amide bonds. The predicted molar refractivity (Wildman–Crippen MR) is 262 cm³/mol. The monoisotopic (exact) mass is 828 g/mol. The van der Waals surface area contributed by atoms with Crippen molar-refractivity contribution in [2.75, 3.05) is 6.61 Å². The Morgan fingerprint density at radius 2 is 0.695 bits per heavy atom. The highest BCUT2D eigenvalue weighted by molar-refractivity contribution is 5.76. The van der Waals surface area contributed by atoms with E-state index in [1.165, 1.54) is 225 Å². The Balaban J connectivity index is 3.40. The smallest absolute Gasteiger partial charge is 0.220 e. The molecule has 0 rings (SSSR count). The molecule has 0 aliphatic rings. The standard InChI is InChI=1S/C55H105NO3/c1-3-5-7-9-11-13-15-17-18-19-20-21-22-23-24-25-26-27-28-29-30-31-32-33-34-35-36-37-38-39-41-43-45-47-49-51-55(59)56-53(52-57)54(58)50-48-46-44-42-40-16-14-12-10-8-6-4-2/h15,17,19-20,22-23,53-54,57-58H,3-14,16,18,21,24-52H2,1-2H3,(H,56,59)/b17-15-,20-19-,23-22-. The number of nitrogens with one attached hydrogen (secondary N) is 1. The van der Waals surface area contributed by atoms with E-state index in [9.17, 15) is 15.0 Å². The molecular weight excluding hydrogens is 723 g/mol. The summed E-state index contributed by atoms with van der Waals surface area (Å²) < 4.78 is 0. The third kappa shape index (κ3) is 47.5. The summed E-state index contributed by atoms with van der Waals surface area (Å²) in [6, 6.07) is -0.533. The maximum absolute atomic E-state index is 12.4. The predicted octanol–water partition coefficient (Wildman–Crippen LogP) is 17.3. The van der Waals surface area contributed by atoms with Crippen LogP contribution in [0.25, 0.3) is 0 Å². The van der Waals surface area contributed by atoms with Gasteiger partial charge >= 0.3 is 0 Å². The van der Waals surface area contributed by atoms with E-state index < -0.39 is 12.1 Å². The summed E-state index contributed by atoms with van der Waals surface area (Å²) in [4.78, 5) is 12.4. The second-order valence-corrected chi connectivity index (χ2v) is 18.3. The average molecular weight is 828 g/mol. The van der Waals surface area contributed by atoms with Crippen molar-refractivity contribution in [3.05, 3.63) is 36.5 Å². The molecule has 3 N–H and O–H groups in total. The van der Waals surface area contributed by atoms with E-state index in [-0.39, 0.29) is 12.5 Å². The Kier molecular flexibility index (Phi) is 49.8. The third-order valence-corrected chi connectivity index (χ3v) is 12.4. The van der Waals surface area contributed by atoms with Crippen molar-refractivity contribution < 1.29 is 15.0 Å². The summed E-state index contributed by atoms with van der Waals surface area (Å²) in [6.45, 7) is 4.36. The lowest BCUT2D eigenvalue weighted by atomic mass is 10.0. The lowest BCUT2D eigenvalue weighted by Gasteiger charge is -2.22. The summed E-state index contributed by atoms with van der Waals surface area (Å²) in [5.41, 5.74) is 0. The lowest BCUT2D eigenvalue weighted by Crippen LogP contribution is -2.45. The Morgan fingerprint density at radius 3 is 1.03 bits per heavy atom. The van der Waals surface area contributed by atoms with E-state index in [1.54, 1.807) is 0 Å². The second kappa shape index (κ2) is 51.0. The number of carbonyl (C=O) groups excluding carboxylic acids is 1. The van der Waals surface area contributed by atoms with Crippen LogP contribution in [-0.2, 0) is 4.79 Å². The van der Waals surface area contributed by atoms with Crippen LogP contribution < -0.4 is 5.32 Å². The number of aliphatic hydroxyl groups is 2. The van der Waals surface area contributed by atoms with Crippen molar-refractivity contribution in [2.24, 2.45) is 0 Å². The molecule has 0 aliphatic heterocycles. The van der Waals surface area contributed by atoms with Gasteiger partial charge in [-0.3, -0.25) is 4.79 Å². The summed E-state index contributed by atoms with van der Waals surface area (Å²) in [5.74, 6) is -0.0283. The topological polar surface area (TPSA) is 69.6 Å². The number of hydrogen-bond acceptors (Lipinski definition) is 3. The molecule has 0 aromatic heterocycles. The quantitative estimate of drug-likeness (QED) is 0.0423. The van der Waals surface area contributed by atoms with E-state index in [2.05, 4.69) is 55.6 Å². The van der Waals surface area contributed by atoms with Crippen LogP contribution in [0.1, 0.15) is 290 Å². The summed E-state index contributed by atoms with van der Waals surface area (Å²) >= 11 is 0. The maximum Gasteiger partial charge on any atom is 0.220 e. The fourth-order valence-corrected chi connectivity index (χ4v) is 8.31. The molecule has 0 aliphatic carbocycles. The fraction of sp³-hybridized carbons (Fsp3) is 0.873. The minimum absolute atomic E-state index is 0.0283. The maximum atomic E-state index is 12.4. The zero-order valence-electron chi connectivity index (χ0n) is 40.0. The van der Waals surface area contributed by atoms with Gasteiger partial charge in [-0.15, -0.1) is 0 Å². The molecule has 4 nitrogen and oxygen atoms in total. The van der Waals surface area contributed by atoms with Gasteiger partial charge in [0.25, 0.3) is 0 Å². The first kappa shape index (κ1) is 57.6. The third-order valence-electron chi connectivity index (χ3n) is 12.4. The molecule has 0 radical (unpaired) electrons. The molecule has 2 atom stereocenters. The van der Waals surface area contributed by atoms with Crippen molar-refractivity contribution in [2.45, 2.75) is 302 Å². The average Bonchev–Trinajstić information content (AvgIpc) is 3.24. The first-order chi connectivity index (χ1) is 29.2. The van der Waals surface area contributed by atoms with Gasteiger partial charge in [-0.05, 0) is 51.4 Å². The summed E-state index contributed by atoms with van der Waals surface area (Å²) in [7, 11) is 0. The lowest BCUT2D eigenvalue weighted by molar-refractivity contribution is -0.123. The van der Waals surface area contributed by atoms with E-state index in [0.29, 0.717) is 12.8 Å². The van der Waals surface area contributed by atoms with Crippen molar-refractivity contribution in [1.29, 1.82) is 0 Å². The Bertz CT molecular complexity index is 897. The van der Waals surface area contributed by atoms with Crippen molar-refractivity contribution in [3.63, 3.8) is 0 Å². The number of hydrogen-bond donors (Lipinski definition) is 3. The van der Waals surface area contributed by atoms with Crippen LogP contribution in [0.15, 0.2) is 36.5 Å². The normalized spacial score (nSPS) is 13.1. The van der Waals surface area contributed by atoms with Gasteiger partial charge in [0.15, 0.2) is 0 Å². The van der Waals surface area contributed by atoms with Gasteiger partial charge in [-0.1, -0.05) is 269 Å². The molecule has 0 saturated carbocycles. The van der Waals surface area contributed by atoms with Crippen molar-refractivity contribution in [3.8, 4) is 0 Å². The largest absolute Gasteiger partial charge is 0.394 e. The van der Waals surface area contributed by atoms with Crippen LogP contribution in [0, 0.1) is 0 Å². The molecule has 2 unspecified atom stereocenters. The first-order valence-corrected chi connectivity index (χ1v) is 26.7. The number of carbonyl (C=O) groups is 1. The number of rotatable bonds is 49. The van der Waals surface area contributed by atoms with Gasteiger partial charge in [-0.25, -0.2) is 0 Å². The first-order valence-electron chi connectivity index (χ1n) is 26.7. The Morgan fingerprint density at radius 1 is 0.407 bits per heavy atom. The van der Waals surface area contributed by atoms with E-state index in [4.69, 9.17) is 0 Å². The number of aliphatic hydroxyl groups excluding tert-OH is 2. The summed E-state index contributed by atoms with van der Waals surface area (Å²) in [5, 5.41) is 23.2. The summed E-state index contributed by atoms with van der Waals surface area (Å²) in [6.07, 6.45) is 68.4. The zero-order chi connectivity index (χ0) is 42.8. The van der Waals surface area contributed by atoms with Gasteiger partial charge < -0.3 is 15.5 Å². The SMILES string of the molecule is CCCCCCC/C=C\C/C=C\C/C=C\CCCCCCCCCCCCCCCCCCCCCCC(=O)NC(CO)C(O)CCCCCCCCCCCCCC. The van der Waals surface area contributed by atoms with Crippen LogP contribution in [0.4, 0.5) is 0 Å². The van der Waals surface area contributed by atoms with Crippen molar-refractivity contribution in [1.82, 2.24) is 5.32 Å². The van der Waals surface area contributed by atoms with Crippen LogP contribution in [0.5, 0.6) is 0 Å². The number of allylic oxidation sites excluding steroid dienone is 6. The van der Waals surface area contributed by atoms with Crippen LogP contribution in [0.2, 0.25) is 0 Å². The zero-order valence-corrected chi connectivity index (χ0v) is 40.0.